The predicted octanol–water partition coefficient (Wildman–Crippen LogP) is 4.09. The molecular formula is C17H26O2. The minimum atomic E-state index is -0.546. The SMILES string of the molecule is CC(C(=O)O)C1(C23CC4CC(CC(C4)C2)C3)CCC1. The van der Waals surface area contributed by atoms with Gasteiger partial charge in [-0.2, -0.15) is 0 Å². The highest BCUT2D eigenvalue weighted by atomic mass is 16.4. The number of aliphatic carboxylic acids is 1. The fourth-order valence-electron chi connectivity index (χ4n) is 6.94. The van der Waals surface area contributed by atoms with Gasteiger partial charge in [0.05, 0.1) is 5.92 Å². The van der Waals surface area contributed by atoms with Gasteiger partial charge in [-0.25, -0.2) is 0 Å². The van der Waals surface area contributed by atoms with Gasteiger partial charge in [-0.05, 0) is 80.0 Å². The largest absolute Gasteiger partial charge is 0.481 e. The van der Waals surface area contributed by atoms with Crippen LogP contribution in [0.25, 0.3) is 0 Å². The average molecular weight is 262 g/mol. The first-order valence-electron chi connectivity index (χ1n) is 8.27. The van der Waals surface area contributed by atoms with Crippen LogP contribution in [0.1, 0.15) is 64.7 Å². The van der Waals surface area contributed by atoms with Gasteiger partial charge in [-0.3, -0.25) is 4.79 Å². The van der Waals surface area contributed by atoms with Gasteiger partial charge in [0.15, 0.2) is 0 Å². The van der Waals surface area contributed by atoms with Crippen LogP contribution >= 0.6 is 0 Å². The summed E-state index contributed by atoms with van der Waals surface area (Å²) in [6, 6.07) is 0. The average Bonchev–Trinajstić information content (AvgIpc) is 2.24. The molecule has 0 aromatic rings. The summed E-state index contributed by atoms with van der Waals surface area (Å²) in [5, 5.41) is 9.58. The van der Waals surface area contributed by atoms with Crippen LogP contribution in [0.2, 0.25) is 0 Å². The smallest absolute Gasteiger partial charge is 0.306 e. The molecule has 0 spiro atoms. The van der Waals surface area contributed by atoms with Crippen molar-refractivity contribution in [2.24, 2.45) is 34.5 Å². The number of carbonyl (C=O) groups is 1. The maximum absolute atomic E-state index is 11.6. The van der Waals surface area contributed by atoms with E-state index >= 15 is 0 Å². The first-order valence-corrected chi connectivity index (χ1v) is 8.27. The van der Waals surface area contributed by atoms with Crippen LogP contribution in [-0.2, 0) is 4.79 Å². The van der Waals surface area contributed by atoms with Gasteiger partial charge in [0.1, 0.15) is 0 Å². The van der Waals surface area contributed by atoms with Crippen molar-refractivity contribution in [2.45, 2.75) is 64.7 Å². The molecule has 4 bridgehead atoms. The Hall–Kier alpha value is -0.530. The molecular weight excluding hydrogens is 236 g/mol. The number of carboxylic acid groups (broad SMARTS) is 1. The molecule has 1 unspecified atom stereocenters. The van der Waals surface area contributed by atoms with E-state index in [0.717, 1.165) is 17.8 Å². The topological polar surface area (TPSA) is 37.3 Å². The van der Waals surface area contributed by atoms with E-state index in [9.17, 15) is 9.90 Å². The van der Waals surface area contributed by atoms with Gasteiger partial charge in [-0.15, -0.1) is 0 Å². The normalized spacial score (nSPS) is 47.7. The minimum Gasteiger partial charge on any atom is -0.481 e. The molecule has 0 aromatic heterocycles. The van der Waals surface area contributed by atoms with E-state index < -0.39 is 5.97 Å². The van der Waals surface area contributed by atoms with Crippen molar-refractivity contribution >= 4 is 5.97 Å². The molecule has 2 nitrogen and oxygen atoms in total. The van der Waals surface area contributed by atoms with Crippen LogP contribution in [0.3, 0.4) is 0 Å². The minimum absolute atomic E-state index is 0.127. The lowest BCUT2D eigenvalue weighted by molar-refractivity contribution is -0.196. The zero-order valence-electron chi connectivity index (χ0n) is 12.0. The molecule has 19 heavy (non-hydrogen) atoms. The lowest BCUT2D eigenvalue weighted by Gasteiger charge is -2.68. The van der Waals surface area contributed by atoms with Crippen LogP contribution in [0, 0.1) is 34.5 Å². The molecule has 0 aromatic carbocycles. The van der Waals surface area contributed by atoms with Crippen LogP contribution in [0.5, 0.6) is 0 Å². The summed E-state index contributed by atoms with van der Waals surface area (Å²) in [4.78, 5) is 11.6. The Balaban J connectivity index is 1.71. The van der Waals surface area contributed by atoms with Gasteiger partial charge in [0.25, 0.3) is 0 Å². The van der Waals surface area contributed by atoms with Crippen molar-refractivity contribution in [3.63, 3.8) is 0 Å². The second kappa shape index (κ2) is 3.77. The predicted molar refractivity (Wildman–Crippen MR) is 73.7 cm³/mol. The second-order valence-corrected chi connectivity index (χ2v) is 8.27. The summed E-state index contributed by atoms with van der Waals surface area (Å²) >= 11 is 0. The van der Waals surface area contributed by atoms with E-state index in [-0.39, 0.29) is 11.3 Å². The molecule has 5 aliphatic carbocycles. The van der Waals surface area contributed by atoms with Crippen molar-refractivity contribution < 1.29 is 9.90 Å². The zero-order chi connectivity index (χ0) is 13.3. The summed E-state index contributed by atoms with van der Waals surface area (Å²) in [6.07, 6.45) is 12.1. The van der Waals surface area contributed by atoms with Gasteiger partial charge in [0, 0.05) is 0 Å². The number of hydrogen-bond donors (Lipinski definition) is 1. The zero-order valence-corrected chi connectivity index (χ0v) is 12.0. The third-order valence-electron chi connectivity index (χ3n) is 7.54. The summed E-state index contributed by atoms with van der Waals surface area (Å²) in [7, 11) is 0. The van der Waals surface area contributed by atoms with Crippen molar-refractivity contribution in [2.75, 3.05) is 0 Å². The highest BCUT2D eigenvalue weighted by Crippen LogP contribution is 2.72. The molecule has 0 aliphatic heterocycles. The summed E-state index contributed by atoms with van der Waals surface area (Å²) < 4.78 is 0. The molecule has 106 valence electrons. The van der Waals surface area contributed by atoms with Crippen LogP contribution in [0.15, 0.2) is 0 Å². The molecule has 0 radical (unpaired) electrons. The summed E-state index contributed by atoms with van der Waals surface area (Å²) in [5.74, 6) is 2.13. The maximum atomic E-state index is 11.6. The number of carboxylic acids is 1. The van der Waals surface area contributed by atoms with Crippen LogP contribution in [0.4, 0.5) is 0 Å². The maximum Gasteiger partial charge on any atom is 0.306 e. The molecule has 5 aliphatic rings. The quantitative estimate of drug-likeness (QED) is 0.831. The molecule has 5 saturated carbocycles. The van der Waals surface area contributed by atoms with E-state index in [2.05, 4.69) is 0 Å². The first kappa shape index (κ1) is 12.2. The van der Waals surface area contributed by atoms with Crippen molar-refractivity contribution in [3.8, 4) is 0 Å². The fraction of sp³-hybridized carbons (Fsp3) is 0.941. The molecule has 5 fully saturated rings. The van der Waals surface area contributed by atoms with E-state index in [1.165, 1.54) is 57.8 Å². The lowest BCUT2D eigenvalue weighted by Crippen LogP contribution is -2.60. The highest BCUT2D eigenvalue weighted by Gasteiger charge is 2.64. The molecule has 0 amide bonds. The highest BCUT2D eigenvalue weighted by molar-refractivity contribution is 5.71. The van der Waals surface area contributed by atoms with Crippen molar-refractivity contribution in [1.82, 2.24) is 0 Å². The van der Waals surface area contributed by atoms with Gasteiger partial charge >= 0.3 is 5.97 Å². The molecule has 1 N–H and O–H groups in total. The Labute approximate surface area is 116 Å². The molecule has 0 heterocycles. The van der Waals surface area contributed by atoms with Crippen molar-refractivity contribution in [1.29, 1.82) is 0 Å². The molecule has 1 atom stereocenters. The monoisotopic (exact) mass is 262 g/mol. The van der Waals surface area contributed by atoms with E-state index in [4.69, 9.17) is 0 Å². The van der Waals surface area contributed by atoms with Gasteiger partial charge in [-0.1, -0.05) is 13.3 Å². The Morgan fingerprint density at radius 3 is 1.84 bits per heavy atom. The third kappa shape index (κ3) is 1.46. The second-order valence-electron chi connectivity index (χ2n) is 8.27. The van der Waals surface area contributed by atoms with Crippen LogP contribution < -0.4 is 0 Å². The molecule has 0 saturated heterocycles. The number of hydrogen-bond acceptors (Lipinski definition) is 1. The fourth-order valence-corrected chi connectivity index (χ4v) is 6.94. The Bertz CT molecular complexity index is 372. The standard InChI is InChI=1S/C17H26O2/c1-11(15(18)19)17(3-2-4-17)16-8-12-5-13(9-16)7-14(6-12)10-16/h11-14H,2-10H2,1H3,(H,18,19). The number of rotatable bonds is 3. The van der Waals surface area contributed by atoms with Gasteiger partial charge < -0.3 is 5.11 Å². The summed E-state index contributed by atoms with van der Waals surface area (Å²) in [6.45, 7) is 2.00. The Morgan fingerprint density at radius 2 is 1.53 bits per heavy atom. The summed E-state index contributed by atoms with van der Waals surface area (Å²) in [5.41, 5.74) is 0.576. The third-order valence-corrected chi connectivity index (χ3v) is 7.54. The van der Waals surface area contributed by atoms with Gasteiger partial charge in [0.2, 0.25) is 0 Å². The van der Waals surface area contributed by atoms with E-state index in [1.54, 1.807) is 0 Å². The van der Waals surface area contributed by atoms with Crippen molar-refractivity contribution in [3.05, 3.63) is 0 Å². The van der Waals surface area contributed by atoms with E-state index in [1.807, 2.05) is 6.92 Å². The molecule has 5 rings (SSSR count). The van der Waals surface area contributed by atoms with E-state index in [0.29, 0.717) is 5.41 Å². The Morgan fingerprint density at radius 1 is 1.05 bits per heavy atom. The van der Waals surface area contributed by atoms with Crippen LogP contribution in [-0.4, -0.2) is 11.1 Å². The lowest BCUT2D eigenvalue weighted by atomic mass is 9.37. The first-order chi connectivity index (χ1) is 9.05. The molecule has 2 heteroatoms. The Kier molecular flexibility index (Phi) is 2.42.